The molecule has 1 aliphatic heterocycles. The van der Waals surface area contributed by atoms with Crippen LogP contribution in [0.3, 0.4) is 0 Å². The highest BCUT2D eigenvalue weighted by Crippen LogP contribution is 2.23. The first-order chi connectivity index (χ1) is 11.3. The lowest BCUT2D eigenvalue weighted by Crippen LogP contribution is -2.55. The lowest BCUT2D eigenvalue weighted by Gasteiger charge is -2.38. The molecule has 1 amide bonds. The Morgan fingerprint density at radius 3 is 2.58 bits per heavy atom. The van der Waals surface area contributed by atoms with Gasteiger partial charge in [-0.05, 0) is 6.07 Å². The second kappa shape index (κ2) is 6.27. The fraction of sp³-hybridized carbons (Fsp3) is 0.375. The van der Waals surface area contributed by atoms with Crippen LogP contribution in [0.25, 0.3) is 11.3 Å². The molecule has 8 heteroatoms. The summed E-state index contributed by atoms with van der Waals surface area (Å²) in [5.41, 5.74) is 1.96. The Bertz CT molecular complexity index is 722. The van der Waals surface area contributed by atoms with Crippen LogP contribution in [0.2, 0.25) is 0 Å². The van der Waals surface area contributed by atoms with Crippen LogP contribution < -0.4 is 0 Å². The van der Waals surface area contributed by atoms with E-state index in [0.29, 0.717) is 11.4 Å². The maximum absolute atomic E-state index is 12.4. The zero-order valence-electron chi connectivity index (χ0n) is 13.0. The largest absolute Gasteiger partial charge is 0.411 e. The van der Waals surface area contributed by atoms with Crippen molar-refractivity contribution in [1.82, 2.24) is 14.7 Å². The molecule has 0 N–H and O–H groups in total. The first kappa shape index (κ1) is 16.5. The molecule has 0 aliphatic carbocycles. The number of aromatic nitrogens is 2. The zero-order chi connectivity index (χ0) is 17.3. The average Bonchev–Trinajstić information content (AvgIpc) is 2.87. The summed E-state index contributed by atoms with van der Waals surface area (Å²) in [6, 6.07) is 11.1. The molecule has 2 heterocycles. The Morgan fingerprint density at radius 1 is 1.29 bits per heavy atom. The number of rotatable bonds is 4. The molecule has 1 aromatic carbocycles. The molecule has 2 aromatic rings. The van der Waals surface area contributed by atoms with Gasteiger partial charge in [0.25, 0.3) is 5.91 Å². The van der Waals surface area contributed by atoms with Crippen LogP contribution in [0.5, 0.6) is 0 Å². The Kier molecular flexibility index (Phi) is 4.31. The predicted octanol–water partition coefficient (Wildman–Crippen LogP) is 2.49. The van der Waals surface area contributed by atoms with Crippen LogP contribution in [-0.4, -0.2) is 52.6 Å². The molecule has 128 valence electrons. The first-order valence-corrected chi connectivity index (χ1v) is 7.40. The van der Waals surface area contributed by atoms with Gasteiger partial charge in [-0.2, -0.15) is 18.3 Å². The van der Waals surface area contributed by atoms with Crippen molar-refractivity contribution >= 4 is 5.91 Å². The number of likely N-dealkylation sites (tertiary alicyclic amines) is 1. The number of benzene rings is 1. The number of hydrogen-bond acceptors (Lipinski definition) is 3. The third-order valence-electron chi connectivity index (χ3n) is 3.79. The van der Waals surface area contributed by atoms with E-state index >= 15 is 0 Å². The normalized spacial score (nSPS) is 15.4. The standard InChI is InChI=1S/C16H16F3N3O2/c1-21-14(7-13(20-21)11-5-3-2-4-6-11)15(23)22-8-12(9-22)24-10-16(17,18)19/h2-7,12H,8-10H2,1H3. The van der Waals surface area contributed by atoms with E-state index in [1.54, 1.807) is 13.1 Å². The number of halogens is 3. The SMILES string of the molecule is Cn1nc(-c2ccccc2)cc1C(=O)N1CC(OCC(F)(F)F)C1. The van der Waals surface area contributed by atoms with Crippen LogP contribution >= 0.6 is 0 Å². The molecule has 1 saturated heterocycles. The number of hydrogen-bond donors (Lipinski definition) is 0. The van der Waals surface area contributed by atoms with Gasteiger partial charge in [0.15, 0.2) is 0 Å². The van der Waals surface area contributed by atoms with Crippen molar-refractivity contribution in [1.29, 1.82) is 0 Å². The molecular formula is C16H16F3N3O2. The molecule has 24 heavy (non-hydrogen) atoms. The van der Waals surface area contributed by atoms with Crippen LogP contribution in [0.4, 0.5) is 13.2 Å². The lowest BCUT2D eigenvalue weighted by molar-refractivity contribution is -0.196. The minimum atomic E-state index is -4.35. The van der Waals surface area contributed by atoms with Gasteiger partial charge in [0.05, 0.1) is 11.8 Å². The van der Waals surface area contributed by atoms with Gasteiger partial charge in [0.1, 0.15) is 12.3 Å². The number of aryl methyl sites for hydroxylation is 1. The molecule has 1 fully saturated rings. The summed E-state index contributed by atoms with van der Waals surface area (Å²) in [6.07, 6.45) is -4.92. The summed E-state index contributed by atoms with van der Waals surface area (Å²) in [7, 11) is 1.66. The van der Waals surface area contributed by atoms with E-state index in [4.69, 9.17) is 4.74 Å². The number of nitrogens with zero attached hydrogens (tertiary/aromatic N) is 3. The van der Waals surface area contributed by atoms with E-state index < -0.39 is 18.9 Å². The average molecular weight is 339 g/mol. The third-order valence-corrected chi connectivity index (χ3v) is 3.79. The molecule has 0 atom stereocenters. The molecule has 0 spiro atoms. The molecule has 0 bridgehead atoms. The van der Waals surface area contributed by atoms with Crippen molar-refractivity contribution in [2.45, 2.75) is 12.3 Å². The third kappa shape index (κ3) is 3.59. The van der Waals surface area contributed by atoms with Crippen LogP contribution in [0.1, 0.15) is 10.5 Å². The van der Waals surface area contributed by atoms with E-state index in [1.165, 1.54) is 9.58 Å². The van der Waals surface area contributed by atoms with Gasteiger partial charge >= 0.3 is 6.18 Å². The van der Waals surface area contributed by atoms with E-state index in [9.17, 15) is 18.0 Å². The van der Waals surface area contributed by atoms with E-state index in [1.807, 2.05) is 30.3 Å². The zero-order valence-corrected chi connectivity index (χ0v) is 13.0. The highest BCUT2D eigenvalue weighted by Gasteiger charge is 2.36. The van der Waals surface area contributed by atoms with Gasteiger partial charge in [0.2, 0.25) is 0 Å². The molecule has 1 aliphatic rings. The summed E-state index contributed by atoms with van der Waals surface area (Å²) in [5, 5.41) is 4.32. The van der Waals surface area contributed by atoms with Crippen molar-refractivity contribution in [3.05, 3.63) is 42.1 Å². The minimum absolute atomic E-state index is 0.154. The molecular weight excluding hydrogens is 323 g/mol. The smallest absolute Gasteiger partial charge is 0.365 e. The van der Waals surface area contributed by atoms with Crippen LogP contribution in [0.15, 0.2) is 36.4 Å². The summed E-state index contributed by atoms with van der Waals surface area (Å²) >= 11 is 0. The fourth-order valence-electron chi connectivity index (χ4n) is 2.50. The number of carbonyl (C=O) groups is 1. The van der Waals surface area contributed by atoms with Gasteiger partial charge in [-0.25, -0.2) is 0 Å². The molecule has 3 rings (SSSR count). The van der Waals surface area contributed by atoms with E-state index in [0.717, 1.165) is 5.56 Å². The van der Waals surface area contributed by atoms with Crippen LogP contribution in [0, 0.1) is 0 Å². The quantitative estimate of drug-likeness (QED) is 0.860. The first-order valence-electron chi connectivity index (χ1n) is 7.40. The van der Waals surface area contributed by atoms with Gasteiger partial charge in [-0.3, -0.25) is 9.48 Å². The van der Waals surface area contributed by atoms with Gasteiger partial charge in [-0.1, -0.05) is 30.3 Å². The summed E-state index contributed by atoms with van der Waals surface area (Å²) in [5.74, 6) is -0.265. The van der Waals surface area contributed by atoms with Crippen molar-refractivity contribution in [3.8, 4) is 11.3 Å². The van der Waals surface area contributed by atoms with Crippen molar-refractivity contribution in [2.24, 2.45) is 7.05 Å². The monoisotopic (exact) mass is 339 g/mol. The molecule has 0 saturated carbocycles. The number of amides is 1. The molecule has 5 nitrogen and oxygen atoms in total. The van der Waals surface area contributed by atoms with Crippen molar-refractivity contribution in [2.75, 3.05) is 19.7 Å². The number of ether oxygens (including phenoxy) is 1. The highest BCUT2D eigenvalue weighted by atomic mass is 19.4. The van der Waals surface area contributed by atoms with E-state index in [-0.39, 0.29) is 19.0 Å². The fourth-order valence-corrected chi connectivity index (χ4v) is 2.50. The minimum Gasteiger partial charge on any atom is -0.365 e. The van der Waals surface area contributed by atoms with E-state index in [2.05, 4.69) is 5.10 Å². The predicted molar refractivity (Wildman–Crippen MR) is 80.3 cm³/mol. The Morgan fingerprint density at radius 2 is 1.96 bits per heavy atom. The molecule has 0 radical (unpaired) electrons. The van der Waals surface area contributed by atoms with Crippen molar-refractivity contribution in [3.63, 3.8) is 0 Å². The van der Waals surface area contributed by atoms with Gasteiger partial charge in [-0.15, -0.1) is 0 Å². The lowest BCUT2D eigenvalue weighted by atomic mass is 10.1. The maximum atomic E-state index is 12.4. The Hall–Kier alpha value is -2.35. The Balaban J connectivity index is 1.62. The molecule has 0 unspecified atom stereocenters. The summed E-state index contributed by atoms with van der Waals surface area (Å²) in [6.45, 7) is -0.981. The summed E-state index contributed by atoms with van der Waals surface area (Å²) in [4.78, 5) is 13.9. The second-order valence-corrected chi connectivity index (χ2v) is 5.66. The van der Waals surface area contributed by atoms with Crippen molar-refractivity contribution < 1.29 is 22.7 Å². The van der Waals surface area contributed by atoms with Gasteiger partial charge in [0, 0.05) is 25.7 Å². The number of alkyl halides is 3. The Labute approximate surface area is 136 Å². The maximum Gasteiger partial charge on any atom is 0.411 e. The highest BCUT2D eigenvalue weighted by molar-refractivity contribution is 5.94. The topological polar surface area (TPSA) is 47.4 Å². The second-order valence-electron chi connectivity index (χ2n) is 5.66. The summed E-state index contributed by atoms with van der Waals surface area (Å²) < 4.78 is 42.5. The number of carbonyl (C=O) groups excluding carboxylic acids is 1. The van der Waals surface area contributed by atoms with Crippen LogP contribution in [-0.2, 0) is 11.8 Å². The van der Waals surface area contributed by atoms with Gasteiger partial charge < -0.3 is 9.64 Å². The molecule has 1 aromatic heterocycles.